The number of aromatic amines is 1. The summed E-state index contributed by atoms with van der Waals surface area (Å²) in [7, 11) is 0. The highest BCUT2D eigenvalue weighted by Gasteiger charge is 2.22. The Hall–Kier alpha value is -2.04. The fourth-order valence-electron chi connectivity index (χ4n) is 2.72. The van der Waals surface area contributed by atoms with Crippen LogP contribution < -0.4 is 15.4 Å². The van der Waals surface area contributed by atoms with E-state index in [0.717, 1.165) is 0 Å². The first kappa shape index (κ1) is 13.9. The molecule has 0 spiro atoms. The summed E-state index contributed by atoms with van der Waals surface area (Å²) in [5, 5.41) is 9.56. The molecule has 3 heterocycles. The zero-order chi connectivity index (χ0) is 14.7. The van der Waals surface area contributed by atoms with Crippen LogP contribution in [-0.2, 0) is 9.47 Å². The number of rotatable bonds is 2. The molecule has 2 fully saturated rings. The second-order valence-corrected chi connectivity index (χ2v) is 5.05. The minimum atomic E-state index is -0.183. The van der Waals surface area contributed by atoms with Crippen molar-refractivity contribution in [3.05, 3.63) is 22.0 Å². The van der Waals surface area contributed by atoms with Crippen molar-refractivity contribution in [3.8, 4) is 6.07 Å². The minimum absolute atomic E-state index is 0.183. The first-order chi connectivity index (χ1) is 10.3. The summed E-state index contributed by atoms with van der Waals surface area (Å²) in [4.78, 5) is 18.8. The Bertz CT molecular complexity index is 553. The zero-order valence-corrected chi connectivity index (χ0v) is 11.8. The fourth-order valence-corrected chi connectivity index (χ4v) is 2.72. The third kappa shape index (κ3) is 2.86. The number of hydrogen-bond acceptors (Lipinski definition) is 6. The second kappa shape index (κ2) is 6.16. The number of nitriles is 1. The number of anilines is 2. The van der Waals surface area contributed by atoms with Crippen LogP contribution >= 0.6 is 0 Å². The van der Waals surface area contributed by atoms with Crippen LogP contribution in [0.25, 0.3) is 0 Å². The molecule has 21 heavy (non-hydrogen) atoms. The number of H-pyrrole nitrogens is 1. The summed E-state index contributed by atoms with van der Waals surface area (Å²) in [5.74, 6) is 0.606. The lowest BCUT2D eigenvalue weighted by Crippen LogP contribution is -2.40. The SMILES string of the molecule is N#Cc1c(N2CCOCC2)cc(=O)[nH]c1N1CCOCC1. The maximum absolute atomic E-state index is 12.0. The second-order valence-electron chi connectivity index (χ2n) is 5.05. The molecular formula is C14H18N4O3. The van der Waals surface area contributed by atoms with Gasteiger partial charge in [-0.2, -0.15) is 5.26 Å². The van der Waals surface area contributed by atoms with Gasteiger partial charge in [-0.15, -0.1) is 0 Å². The Labute approximate surface area is 122 Å². The van der Waals surface area contributed by atoms with E-state index >= 15 is 0 Å². The Morgan fingerprint density at radius 3 is 2.19 bits per heavy atom. The van der Waals surface area contributed by atoms with Crippen molar-refractivity contribution < 1.29 is 9.47 Å². The van der Waals surface area contributed by atoms with E-state index in [0.29, 0.717) is 69.7 Å². The summed E-state index contributed by atoms with van der Waals surface area (Å²) in [5.41, 5.74) is 1.04. The molecule has 0 aromatic carbocycles. The van der Waals surface area contributed by atoms with Crippen LogP contribution in [0.5, 0.6) is 0 Å². The van der Waals surface area contributed by atoms with Gasteiger partial charge in [0.2, 0.25) is 0 Å². The van der Waals surface area contributed by atoms with Gasteiger partial charge in [-0.3, -0.25) is 4.79 Å². The standard InChI is InChI=1S/C14H18N4O3/c15-10-11-12(17-1-5-20-6-2-17)9-13(19)16-14(11)18-3-7-21-8-4-18/h9H,1-8H2,(H,16,19). The Morgan fingerprint density at radius 2 is 1.62 bits per heavy atom. The van der Waals surface area contributed by atoms with Crippen LogP contribution in [0.1, 0.15) is 5.56 Å². The van der Waals surface area contributed by atoms with Crippen LogP contribution in [0.2, 0.25) is 0 Å². The average molecular weight is 290 g/mol. The molecule has 0 unspecified atom stereocenters. The van der Waals surface area contributed by atoms with Crippen molar-refractivity contribution in [2.75, 3.05) is 62.4 Å². The summed E-state index contributed by atoms with van der Waals surface area (Å²) in [6.45, 7) is 5.19. The van der Waals surface area contributed by atoms with Gasteiger partial charge in [0.05, 0.1) is 32.1 Å². The molecule has 0 radical (unpaired) electrons. The summed E-state index contributed by atoms with van der Waals surface area (Å²) in [6.07, 6.45) is 0. The van der Waals surface area contributed by atoms with Crippen molar-refractivity contribution in [2.24, 2.45) is 0 Å². The van der Waals surface area contributed by atoms with Gasteiger partial charge < -0.3 is 24.3 Å². The van der Waals surface area contributed by atoms with Crippen LogP contribution in [-0.4, -0.2) is 57.6 Å². The van der Waals surface area contributed by atoms with Gasteiger partial charge in [-0.25, -0.2) is 0 Å². The number of ether oxygens (including phenoxy) is 2. The normalized spacial score (nSPS) is 19.4. The van der Waals surface area contributed by atoms with Crippen LogP contribution in [0.15, 0.2) is 10.9 Å². The van der Waals surface area contributed by atoms with Gasteiger partial charge in [-0.1, -0.05) is 0 Å². The molecule has 0 aliphatic carbocycles. The van der Waals surface area contributed by atoms with E-state index in [4.69, 9.17) is 9.47 Å². The molecule has 0 amide bonds. The highest BCUT2D eigenvalue weighted by atomic mass is 16.5. The Balaban J connectivity index is 2.01. The summed E-state index contributed by atoms with van der Waals surface area (Å²) < 4.78 is 10.7. The lowest BCUT2D eigenvalue weighted by Gasteiger charge is -2.33. The van der Waals surface area contributed by atoms with Gasteiger partial charge in [0, 0.05) is 32.2 Å². The van der Waals surface area contributed by atoms with E-state index in [2.05, 4.69) is 11.1 Å². The van der Waals surface area contributed by atoms with Gasteiger partial charge in [0.25, 0.3) is 5.56 Å². The molecule has 1 N–H and O–H groups in total. The van der Waals surface area contributed by atoms with Gasteiger partial charge >= 0.3 is 0 Å². The molecule has 2 saturated heterocycles. The maximum atomic E-state index is 12.0. The van der Waals surface area contributed by atoms with Crippen molar-refractivity contribution in [1.82, 2.24) is 4.98 Å². The number of pyridine rings is 1. The molecule has 2 aliphatic rings. The smallest absolute Gasteiger partial charge is 0.251 e. The average Bonchev–Trinajstić information content (AvgIpc) is 2.55. The molecule has 112 valence electrons. The Morgan fingerprint density at radius 1 is 1.05 bits per heavy atom. The number of nitrogens with zero attached hydrogens (tertiary/aromatic N) is 3. The van der Waals surface area contributed by atoms with Crippen molar-refractivity contribution in [1.29, 1.82) is 5.26 Å². The molecule has 1 aromatic rings. The number of nitrogens with one attached hydrogen (secondary N) is 1. The van der Waals surface area contributed by atoms with E-state index in [1.54, 1.807) is 0 Å². The molecule has 1 aromatic heterocycles. The fraction of sp³-hybridized carbons (Fsp3) is 0.571. The third-order valence-electron chi connectivity index (χ3n) is 3.79. The molecule has 7 heteroatoms. The zero-order valence-electron chi connectivity index (χ0n) is 11.8. The molecule has 0 saturated carbocycles. The number of morpholine rings is 2. The van der Waals surface area contributed by atoms with Gasteiger partial charge in [0.1, 0.15) is 17.5 Å². The topological polar surface area (TPSA) is 81.6 Å². The molecule has 7 nitrogen and oxygen atoms in total. The highest BCUT2D eigenvalue weighted by molar-refractivity contribution is 5.69. The molecule has 3 rings (SSSR count). The molecule has 0 atom stereocenters. The van der Waals surface area contributed by atoms with E-state index in [9.17, 15) is 10.1 Å². The Kier molecular flexibility index (Phi) is 4.08. The van der Waals surface area contributed by atoms with Crippen molar-refractivity contribution in [2.45, 2.75) is 0 Å². The van der Waals surface area contributed by atoms with Gasteiger partial charge in [0.15, 0.2) is 0 Å². The summed E-state index contributed by atoms with van der Waals surface area (Å²) >= 11 is 0. The molecular weight excluding hydrogens is 272 g/mol. The van der Waals surface area contributed by atoms with E-state index in [-0.39, 0.29) is 5.56 Å². The first-order valence-corrected chi connectivity index (χ1v) is 7.12. The minimum Gasteiger partial charge on any atom is -0.378 e. The first-order valence-electron chi connectivity index (χ1n) is 7.12. The van der Waals surface area contributed by atoms with Crippen LogP contribution in [0, 0.1) is 11.3 Å². The van der Waals surface area contributed by atoms with Crippen molar-refractivity contribution in [3.63, 3.8) is 0 Å². The molecule has 0 bridgehead atoms. The van der Waals surface area contributed by atoms with E-state index < -0.39 is 0 Å². The number of hydrogen-bond donors (Lipinski definition) is 1. The van der Waals surface area contributed by atoms with Crippen LogP contribution in [0.3, 0.4) is 0 Å². The largest absolute Gasteiger partial charge is 0.378 e. The van der Waals surface area contributed by atoms with Crippen molar-refractivity contribution >= 4 is 11.5 Å². The third-order valence-corrected chi connectivity index (χ3v) is 3.79. The number of aromatic nitrogens is 1. The predicted molar refractivity (Wildman–Crippen MR) is 77.8 cm³/mol. The molecule has 2 aliphatic heterocycles. The lowest BCUT2D eigenvalue weighted by atomic mass is 10.1. The lowest BCUT2D eigenvalue weighted by molar-refractivity contribution is 0.122. The monoisotopic (exact) mass is 290 g/mol. The maximum Gasteiger partial charge on any atom is 0.251 e. The predicted octanol–water partition coefficient (Wildman–Crippen LogP) is -0.0802. The highest BCUT2D eigenvalue weighted by Crippen LogP contribution is 2.27. The van der Waals surface area contributed by atoms with Crippen LogP contribution in [0.4, 0.5) is 11.5 Å². The van der Waals surface area contributed by atoms with Gasteiger partial charge in [-0.05, 0) is 0 Å². The quantitative estimate of drug-likeness (QED) is 0.820. The summed E-state index contributed by atoms with van der Waals surface area (Å²) in [6, 6.07) is 3.76. The van der Waals surface area contributed by atoms with E-state index in [1.165, 1.54) is 6.07 Å². The van der Waals surface area contributed by atoms with E-state index in [1.807, 2.05) is 9.80 Å².